The highest BCUT2D eigenvalue weighted by atomic mass is 79.9. The minimum Gasteiger partial charge on any atom is -0.369 e. The predicted octanol–water partition coefficient (Wildman–Crippen LogP) is 2.70. The van der Waals surface area contributed by atoms with E-state index >= 15 is 0 Å². The number of primary amides is 1. The summed E-state index contributed by atoms with van der Waals surface area (Å²) >= 11 is 4.60. The molecule has 0 aliphatic carbocycles. The number of hydrogen-bond acceptors (Lipinski definition) is 2. The molecule has 0 aliphatic rings. The number of thioether (sulfide) groups is 1. The lowest BCUT2D eigenvalue weighted by Gasteiger charge is -2.07. The highest BCUT2D eigenvalue weighted by molar-refractivity contribution is 9.10. The maximum atomic E-state index is 13.0. The van der Waals surface area contributed by atoms with Gasteiger partial charge in [0.05, 0.1) is 5.25 Å². The van der Waals surface area contributed by atoms with Gasteiger partial charge in [0.15, 0.2) is 0 Å². The van der Waals surface area contributed by atoms with Crippen LogP contribution in [0.15, 0.2) is 22.7 Å². The third-order valence-corrected chi connectivity index (χ3v) is 3.51. The third-order valence-electron chi connectivity index (χ3n) is 1.82. The van der Waals surface area contributed by atoms with Crippen molar-refractivity contribution in [3.63, 3.8) is 0 Å². The second-order valence-corrected chi connectivity index (χ2v) is 5.38. The van der Waals surface area contributed by atoms with Gasteiger partial charge in [-0.15, -0.1) is 11.8 Å². The Morgan fingerprint density at radius 3 is 2.80 bits per heavy atom. The molecule has 1 aromatic carbocycles. The fraction of sp³-hybridized carbons (Fsp3) is 0.300. The number of carbonyl (C=O) groups excluding carboxylic acids is 1. The first kappa shape index (κ1) is 12.5. The number of amides is 1. The monoisotopic (exact) mass is 291 g/mol. The van der Waals surface area contributed by atoms with Gasteiger partial charge in [-0.1, -0.05) is 15.9 Å². The third kappa shape index (κ3) is 4.22. The quantitative estimate of drug-likeness (QED) is 0.927. The summed E-state index contributed by atoms with van der Waals surface area (Å²) in [5.41, 5.74) is 5.95. The van der Waals surface area contributed by atoms with Crippen LogP contribution >= 0.6 is 27.7 Å². The summed E-state index contributed by atoms with van der Waals surface area (Å²) in [5, 5.41) is -0.257. The van der Waals surface area contributed by atoms with Crippen molar-refractivity contribution in [2.45, 2.75) is 17.9 Å². The van der Waals surface area contributed by atoms with Gasteiger partial charge < -0.3 is 5.73 Å². The van der Waals surface area contributed by atoms with Crippen LogP contribution in [-0.2, 0) is 10.5 Å². The Bertz CT molecular complexity index is 352. The maximum Gasteiger partial charge on any atom is 0.230 e. The van der Waals surface area contributed by atoms with E-state index in [0.29, 0.717) is 10.2 Å². The van der Waals surface area contributed by atoms with Gasteiger partial charge in [0, 0.05) is 10.2 Å². The lowest BCUT2D eigenvalue weighted by molar-refractivity contribution is -0.117. The second kappa shape index (κ2) is 5.51. The molecule has 0 fully saturated rings. The number of rotatable bonds is 4. The van der Waals surface area contributed by atoms with Gasteiger partial charge in [0.1, 0.15) is 5.82 Å². The molecule has 0 aliphatic heterocycles. The van der Waals surface area contributed by atoms with Gasteiger partial charge in [-0.3, -0.25) is 4.79 Å². The van der Waals surface area contributed by atoms with Gasteiger partial charge in [-0.05, 0) is 30.7 Å². The molecular formula is C10H11BrFNOS. The Morgan fingerprint density at radius 1 is 1.60 bits per heavy atom. The molecule has 15 heavy (non-hydrogen) atoms. The van der Waals surface area contributed by atoms with Crippen molar-refractivity contribution >= 4 is 33.6 Å². The summed E-state index contributed by atoms with van der Waals surface area (Å²) in [5.74, 6) is -0.0670. The van der Waals surface area contributed by atoms with E-state index < -0.39 is 0 Å². The second-order valence-electron chi connectivity index (χ2n) is 3.13. The van der Waals surface area contributed by atoms with Gasteiger partial charge >= 0.3 is 0 Å². The van der Waals surface area contributed by atoms with Crippen LogP contribution in [0.2, 0.25) is 0 Å². The number of benzene rings is 1. The average Bonchev–Trinajstić information content (AvgIpc) is 2.12. The molecule has 0 bridgehead atoms. The molecule has 0 aromatic heterocycles. The van der Waals surface area contributed by atoms with E-state index in [1.54, 1.807) is 6.92 Å². The molecular weight excluding hydrogens is 281 g/mol. The Kier molecular flexibility index (Phi) is 4.60. The number of hydrogen-bond donors (Lipinski definition) is 1. The molecule has 0 radical (unpaired) electrons. The molecule has 1 aromatic rings. The Hall–Kier alpha value is -0.550. The van der Waals surface area contributed by atoms with Crippen LogP contribution in [-0.4, -0.2) is 11.2 Å². The molecule has 0 heterocycles. The Balaban J connectivity index is 2.61. The zero-order valence-electron chi connectivity index (χ0n) is 8.17. The highest BCUT2D eigenvalue weighted by Gasteiger charge is 2.09. The van der Waals surface area contributed by atoms with E-state index in [1.165, 1.54) is 23.9 Å². The Morgan fingerprint density at radius 2 is 2.27 bits per heavy atom. The molecule has 1 amide bonds. The molecule has 1 atom stereocenters. The van der Waals surface area contributed by atoms with Crippen molar-refractivity contribution in [3.05, 3.63) is 34.1 Å². The van der Waals surface area contributed by atoms with Crippen LogP contribution in [0.1, 0.15) is 12.5 Å². The van der Waals surface area contributed by atoms with E-state index in [1.807, 2.05) is 6.07 Å². The van der Waals surface area contributed by atoms with Crippen LogP contribution in [0.25, 0.3) is 0 Å². The minimum absolute atomic E-state index is 0.257. The van der Waals surface area contributed by atoms with Gasteiger partial charge in [-0.25, -0.2) is 4.39 Å². The summed E-state index contributed by atoms with van der Waals surface area (Å²) in [6, 6.07) is 4.67. The smallest absolute Gasteiger partial charge is 0.230 e. The zero-order valence-corrected chi connectivity index (χ0v) is 10.6. The summed E-state index contributed by atoms with van der Waals surface area (Å²) in [6.07, 6.45) is 0. The normalized spacial score (nSPS) is 12.5. The molecule has 2 nitrogen and oxygen atoms in total. The van der Waals surface area contributed by atoms with Crippen LogP contribution in [0.4, 0.5) is 4.39 Å². The molecule has 5 heteroatoms. The van der Waals surface area contributed by atoms with Crippen LogP contribution in [0.3, 0.4) is 0 Å². The summed E-state index contributed by atoms with van der Waals surface area (Å²) in [7, 11) is 0. The molecule has 1 rings (SSSR count). The highest BCUT2D eigenvalue weighted by Crippen LogP contribution is 2.21. The van der Waals surface area contributed by atoms with E-state index in [-0.39, 0.29) is 17.0 Å². The van der Waals surface area contributed by atoms with Crippen LogP contribution < -0.4 is 5.73 Å². The van der Waals surface area contributed by atoms with E-state index in [2.05, 4.69) is 15.9 Å². The fourth-order valence-corrected chi connectivity index (χ4v) is 2.28. The summed E-state index contributed by atoms with van der Waals surface area (Å²) < 4.78 is 13.7. The molecule has 0 saturated heterocycles. The van der Waals surface area contributed by atoms with E-state index in [4.69, 9.17) is 5.73 Å². The van der Waals surface area contributed by atoms with E-state index in [9.17, 15) is 9.18 Å². The minimum atomic E-state index is -0.351. The number of halogens is 2. The lowest BCUT2D eigenvalue weighted by atomic mass is 10.2. The van der Waals surface area contributed by atoms with Gasteiger partial charge in [0.2, 0.25) is 5.91 Å². The van der Waals surface area contributed by atoms with Crippen molar-refractivity contribution < 1.29 is 9.18 Å². The average molecular weight is 292 g/mol. The van der Waals surface area contributed by atoms with Gasteiger partial charge in [0.25, 0.3) is 0 Å². The van der Waals surface area contributed by atoms with Crippen molar-refractivity contribution in [1.82, 2.24) is 0 Å². The summed E-state index contributed by atoms with van der Waals surface area (Å²) in [6.45, 7) is 1.74. The van der Waals surface area contributed by atoms with Crippen molar-refractivity contribution in [2.75, 3.05) is 0 Å². The molecule has 0 saturated carbocycles. The summed E-state index contributed by atoms with van der Waals surface area (Å²) in [4.78, 5) is 10.8. The van der Waals surface area contributed by atoms with Crippen LogP contribution in [0.5, 0.6) is 0 Å². The first-order valence-corrected chi connectivity index (χ1v) is 6.19. The molecule has 1 unspecified atom stereocenters. The Labute approximate surface area is 101 Å². The largest absolute Gasteiger partial charge is 0.369 e. The SMILES string of the molecule is CC(SCc1cc(F)cc(Br)c1)C(N)=O. The molecule has 0 spiro atoms. The first-order valence-electron chi connectivity index (χ1n) is 4.35. The topological polar surface area (TPSA) is 43.1 Å². The fourth-order valence-electron chi connectivity index (χ4n) is 0.998. The standard InChI is InChI=1S/C10H11BrFNOS/c1-6(10(13)14)15-5-7-2-8(11)4-9(12)3-7/h2-4,6H,5H2,1H3,(H2,13,14). The van der Waals surface area contributed by atoms with Crippen LogP contribution in [0, 0.1) is 5.82 Å². The molecule has 2 N–H and O–H groups in total. The van der Waals surface area contributed by atoms with Gasteiger partial charge in [-0.2, -0.15) is 0 Å². The zero-order chi connectivity index (χ0) is 11.4. The van der Waals surface area contributed by atoms with Crippen molar-refractivity contribution in [1.29, 1.82) is 0 Å². The number of carbonyl (C=O) groups is 1. The molecule has 82 valence electrons. The predicted molar refractivity (Wildman–Crippen MR) is 64.1 cm³/mol. The van der Waals surface area contributed by atoms with Crippen molar-refractivity contribution in [3.8, 4) is 0 Å². The number of nitrogens with two attached hydrogens (primary N) is 1. The maximum absolute atomic E-state index is 13.0. The van der Waals surface area contributed by atoms with Crippen molar-refractivity contribution in [2.24, 2.45) is 5.73 Å². The lowest BCUT2D eigenvalue weighted by Crippen LogP contribution is -2.22. The first-order chi connectivity index (χ1) is 6.99. The van der Waals surface area contributed by atoms with E-state index in [0.717, 1.165) is 5.56 Å².